The lowest BCUT2D eigenvalue weighted by Gasteiger charge is -2.11. The Balaban J connectivity index is 0.000000331. The van der Waals surface area contributed by atoms with Gasteiger partial charge in [-0.05, 0) is 72.8 Å². The number of rotatable bonds is 8. The number of nitrogens with zero attached hydrogens (tertiary/aromatic N) is 4. The van der Waals surface area contributed by atoms with E-state index in [-0.39, 0.29) is 6.61 Å². The van der Waals surface area contributed by atoms with E-state index in [9.17, 15) is 4.39 Å². The van der Waals surface area contributed by atoms with E-state index < -0.39 is 6.01 Å². The molecule has 1 saturated heterocycles. The topological polar surface area (TPSA) is 95.0 Å². The van der Waals surface area contributed by atoms with Crippen LogP contribution in [-0.4, -0.2) is 44.4 Å². The van der Waals surface area contributed by atoms with Gasteiger partial charge in [0.1, 0.15) is 12.3 Å². The van der Waals surface area contributed by atoms with E-state index in [1.165, 1.54) is 12.8 Å². The molecule has 10 heteroatoms. The second kappa shape index (κ2) is 12.9. The van der Waals surface area contributed by atoms with Gasteiger partial charge in [0, 0.05) is 18.7 Å². The van der Waals surface area contributed by atoms with Crippen LogP contribution < -0.4 is 0 Å². The summed E-state index contributed by atoms with van der Waals surface area (Å²) in [5.41, 5.74) is 4.40. The Morgan fingerprint density at radius 1 is 1.08 bits per heavy atom. The Morgan fingerprint density at radius 2 is 1.86 bits per heavy atom. The van der Waals surface area contributed by atoms with Crippen molar-refractivity contribution in [3.05, 3.63) is 72.1 Å². The maximum atomic E-state index is 14.2. The number of halogens is 1. The summed E-state index contributed by atoms with van der Waals surface area (Å²) < 4.78 is 21.6. The summed E-state index contributed by atoms with van der Waals surface area (Å²) >= 11 is 0. The summed E-state index contributed by atoms with van der Waals surface area (Å²) in [6.45, 7) is 4.97. The predicted molar refractivity (Wildman–Crippen MR) is 129 cm³/mol. The van der Waals surface area contributed by atoms with Gasteiger partial charge in [-0.25, -0.2) is 15.2 Å². The molecule has 188 valence electrons. The lowest BCUT2D eigenvalue weighted by Crippen LogP contribution is -2.19. The first-order valence-electron chi connectivity index (χ1n) is 11.5. The number of oxazole rings is 1. The molecule has 0 atom stereocenters. The van der Waals surface area contributed by atoms with Crippen molar-refractivity contribution >= 4 is 11.0 Å². The summed E-state index contributed by atoms with van der Waals surface area (Å²) in [7, 11) is 0. The molecule has 3 heterocycles. The molecule has 36 heavy (non-hydrogen) atoms. The van der Waals surface area contributed by atoms with Crippen molar-refractivity contribution in [2.75, 3.05) is 19.7 Å². The van der Waals surface area contributed by atoms with Gasteiger partial charge >= 0.3 is 6.01 Å². The van der Waals surface area contributed by atoms with Gasteiger partial charge < -0.3 is 8.98 Å². The van der Waals surface area contributed by atoms with E-state index in [1.807, 2.05) is 48.8 Å². The summed E-state index contributed by atoms with van der Waals surface area (Å²) in [4.78, 5) is 15.1. The lowest BCUT2D eigenvalue weighted by atomic mass is 10.1. The van der Waals surface area contributed by atoms with Crippen LogP contribution >= 0.6 is 0 Å². The van der Waals surface area contributed by atoms with E-state index in [1.54, 1.807) is 6.92 Å². The third kappa shape index (κ3) is 6.75. The fourth-order valence-corrected chi connectivity index (χ4v) is 3.94. The minimum Gasteiger partial charge on any atom is -0.411 e. The van der Waals surface area contributed by atoms with Crippen LogP contribution in [0, 0.1) is 17.9 Å². The quantitative estimate of drug-likeness (QED) is 0.161. The molecule has 5 rings (SSSR count). The standard InChI is InChI=1S/C22H21FN4O.C4H6O4/c23-21-19(14-26-11-3-4-12-26)25-22(28-21)17-9-7-16(8-10-17)13-27-15-24-18-5-1-2-6-20(18)27;1-2-3-4-6-8-7-5/h1-2,5-10,15H,3-4,11-14H2;5H,4H2,1H3. The van der Waals surface area contributed by atoms with Crippen molar-refractivity contribution in [2.24, 2.45) is 0 Å². The van der Waals surface area contributed by atoms with Gasteiger partial charge in [0.25, 0.3) is 0 Å². The molecule has 9 nitrogen and oxygen atoms in total. The molecular weight excluding hydrogens is 467 g/mol. The maximum absolute atomic E-state index is 14.2. The van der Waals surface area contributed by atoms with Crippen LogP contribution in [0.1, 0.15) is 31.0 Å². The summed E-state index contributed by atoms with van der Waals surface area (Å²) in [6.07, 6.45) is 4.19. The average molecular weight is 495 g/mol. The molecule has 0 unspecified atom stereocenters. The van der Waals surface area contributed by atoms with Crippen molar-refractivity contribution in [1.29, 1.82) is 0 Å². The number of aromatic nitrogens is 3. The zero-order valence-corrected chi connectivity index (χ0v) is 19.9. The first-order valence-corrected chi connectivity index (χ1v) is 11.5. The Labute approximate surface area is 207 Å². The molecule has 0 radical (unpaired) electrons. The first-order chi connectivity index (χ1) is 17.7. The highest BCUT2D eigenvalue weighted by Crippen LogP contribution is 2.24. The predicted octanol–water partition coefficient (Wildman–Crippen LogP) is 4.84. The minimum absolute atomic E-state index is 0.0804. The number of benzene rings is 2. The second-order valence-electron chi connectivity index (χ2n) is 8.11. The zero-order valence-electron chi connectivity index (χ0n) is 19.9. The Morgan fingerprint density at radius 3 is 2.61 bits per heavy atom. The number of fused-ring (bicyclic) bond motifs is 1. The van der Waals surface area contributed by atoms with Crippen LogP contribution in [0.2, 0.25) is 0 Å². The van der Waals surface area contributed by atoms with Crippen LogP contribution in [0.25, 0.3) is 22.5 Å². The fourth-order valence-electron chi connectivity index (χ4n) is 3.94. The molecule has 1 aliphatic rings. The van der Waals surface area contributed by atoms with Crippen molar-refractivity contribution in [3.63, 3.8) is 0 Å². The molecule has 2 aromatic heterocycles. The van der Waals surface area contributed by atoms with E-state index in [0.717, 1.165) is 41.8 Å². The monoisotopic (exact) mass is 494 g/mol. The van der Waals surface area contributed by atoms with Gasteiger partial charge in [0.2, 0.25) is 5.89 Å². The highest BCUT2D eigenvalue weighted by Gasteiger charge is 2.19. The highest BCUT2D eigenvalue weighted by atomic mass is 19.1. The minimum atomic E-state index is -0.573. The van der Waals surface area contributed by atoms with Gasteiger partial charge in [0.15, 0.2) is 0 Å². The number of hydrogen-bond donors (Lipinski definition) is 1. The molecule has 4 aromatic rings. The van der Waals surface area contributed by atoms with Gasteiger partial charge in [-0.1, -0.05) is 30.2 Å². The maximum Gasteiger partial charge on any atom is 0.302 e. The average Bonchev–Trinajstić information content (AvgIpc) is 3.65. The highest BCUT2D eigenvalue weighted by molar-refractivity contribution is 5.75. The van der Waals surface area contributed by atoms with Crippen LogP contribution in [0.15, 0.2) is 59.3 Å². The third-order valence-corrected chi connectivity index (χ3v) is 5.69. The molecule has 0 saturated carbocycles. The van der Waals surface area contributed by atoms with E-state index >= 15 is 0 Å². The Bertz CT molecular complexity index is 1300. The molecule has 1 N–H and O–H groups in total. The first kappa shape index (κ1) is 25.5. The summed E-state index contributed by atoms with van der Waals surface area (Å²) in [5.74, 6) is 5.37. The van der Waals surface area contributed by atoms with E-state index in [4.69, 9.17) is 9.67 Å². The fraction of sp³-hybridized carbons (Fsp3) is 0.308. The third-order valence-electron chi connectivity index (χ3n) is 5.69. The lowest BCUT2D eigenvalue weighted by molar-refractivity contribution is -0.620. The number of para-hydroxylation sites is 2. The number of likely N-dealkylation sites (tertiary alicyclic amines) is 1. The van der Waals surface area contributed by atoms with Crippen molar-refractivity contribution in [3.8, 4) is 23.3 Å². The zero-order chi connectivity index (χ0) is 25.2. The molecule has 0 bridgehead atoms. The largest absolute Gasteiger partial charge is 0.411 e. The molecule has 1 aliphatic heterocycles. The molecule has 0 amide bonds. The van der Waals surface area contributed by atoms with E-state index in [0.29, 0.717) is 18.1 Å². The van der Waals surface area contributed by atoms with Gasteiger partial charge in [0.05, 0.1) is 17.4 Å². The van der Waals surface area contributed by atoms with Gasteiger partial charge in [-0.3, -0.25) is 4.90 Å². The molecule has 0 spiro atoms. The summed E-state index contributed by atoms with van der Waals surface area (Å²) in [6, 6.07) is 15.4. The van der Waals surface area contributed by atoms with E-state index in [2.05, 4.69) is 52.3 Å². The van der Waals surface area contributed by atoms with Gasteiger partial charge in [-0.2, -0.15) is 9.28 Å². The number of imidazole rings is 1. The van der Waals surface area contributed by atoms with Crippen molar-refractivity contribution in [2.45, 2.75) is 32.9 Å². The van der Waals surface area contributed by atoms with Crippen LogP contribution in [0.5, 0.6) is 0 Å². The molecule has 1 fully saturated rings. The van der Waals surface area contributed by atoms with Gasteiger partial charge in [-0.15, -0.1) is 5.92 Å². The smallest absolute Gasteiger partial charge is 0.302 e. The van der Waals surface area contributed by atoms with Crippen molar-refractivity contribution in [1.82, 2.24) is 19.4 Å². The van der Waals surface area contributed by atoms with Crippen LogP contribution in [-0.2, 0) is 28.1 Å². The SMILES string of the molecule is CC#CCOOOO.Fc1oc(-c2ccc(Cn3cnc4ccccc43)cc2)nc1CN1CCCC1. The molecule has 0 aliphatic carbocycles. The Hall–Kier alpha value is -3.59. The number of hydrogen-bond acceptors (Lipinski definition) is 8. The van der Waals surface area contributed by atoms with Crippen LogP contribution in [0.3, 0.4) is 0 Å². The van der Waals surface area contributed by atoms with Crippen LogP contribution in [0.4, 0.5) is 4.39 Å². The Kier molecular flexibility index (Phi) is 9.15. The molecular formula is C26H27FN4O5. The second-order valence-corrected chi connectivity index (χ2v) is 8.11. The van der Waals surface area contributed by atoms with Crippen molar-refractivity contribution < 1.29 is 29.0 Å². The normalized spacial score (nSPS) is 13.3. The molecule has 2 aromatic carbocycles. The summed E-state index contributed by atoms with van der Waals surface area (Å²) in [5, 5.41) is 14.2.